The molecule has 0 bridgehead atoms. The van der Waals surface area contributed by atoms with Gasteiger partial charge >= 0.3 is 0 Å². The fraction of sp³-hybridized carbons (Fsp3) is 0.588. The number of guanidine groups is 1. The molecule has 1 aromatic rings. The molecule has 1 aliphatic heterocycles. The molecule has 1 aliphatic rings. The first-order valence-electron chi connectivity index (χ1n) is 8.67. The molecule has 1 aromatic carbocycles. The van der Waals surface area contributed by atoms with Crippen molar-refractivity contribution in [1.82, 2.24) is 14.9 Å². The van der Waals surface area contributed by atoms with Crippen LogP contribution in [-0.4, -0.2) is 57.0 Å². The number of rotatable bonds is 6. The van der Waals surface area contributed by atoms with Gasteiger partial charge in [-0.15, -0.1) is 0 Å². The average Bonchev–Trinajstić information content (AvgIpc) is 2.65. The van der Waals surface area contributed by atoms with Gasteiger partial charge in [-0.05, 0) is 38.1 Å². The summed E-state index contributed by atoms with van der Waals surface area (Å²) in [7, 11) is -1.98. The molecule has 2 rings (SSSR count). The van der Waals surface area contributed by atoms with E-state index in [9.17, 15) is 8.42 Å². The molecule has 140 valence electrons. The highest BCUT2D eigenvalue weighted by atomic mass is 32.2. The SMILES string of the molecule is CCNC(=NCc1ccc(S(=O)(=O)NC)cc1)N1CCSC(CC)C1. The number of sulfonamides is 1. The van der Waals surface area contributed by atoms with Crippen LogP contribution in [0.15, 0.2) is 34.2 Å². The summed E-state index contributed by atoms with van der Waals surface area (Å²) in [6.07, 6.45) is 1.17. The van der Waals surface area contributed by atoms with E-state index in [1.165, 1.54) is 13.5 Å². The molecule has 1 unspecified atom stereocenters. The smallest absolute Gasteiger partial charge is 0.240 e. The zero-order valence-corrected chi connectivity index (χ0v) is 16.8. The van der Waals surface area contributed by atoms with E-state index in [2.05, 4.69) is 28.8 Å². The Morgan fingerprint density at radius 1 is 1.32 bits per heavy atom. The van der Waals surface area contributed by atoms with Crippen molar-refractivity contribution in [1.29, 1.82) is 0 Å². The standard InChI is InChI=1S/C17H28N4O2S2/c1-4-15-13-21(10-11-24-15)17(19-5-2)20-12-14-6-8-16(9-7-14)25(22,23)18-3/h6-9,15,18H,4-5,10-13H2,1-3H3,(H,19,20). The third kappa shape index (κ3) is 5.62. The highest BCUT2D eigenvalue weighted by Gasteiger charge is 2.21. The second-order valence-electron chi connectivity index (χ2n) is 5.87. The topological polar surface area (TPSA) is 73.8 Å². The molecular formula is C17H28N4O2S2. The van der Waals surface area contributed by atoms with Crippen molar-refractivity contribution in [3.63, 3.8) is 0 Å². The monoisotopic (exact) mass is 384 g/mol. The summed E-state index contributed by atoms with van der Waals surface area (Å²) in [5.74, 6) is 2.06. The second kappa shape index (κ2) is 9.45. The predicted octanol–water partition coefficient (Wildman–Crippen LogP) is 1.89. The van der Waals surface area contributed by atoms with Gasteiger partial charge < -0.3 is 10.2 Å². The van der Waals surface area contributed by atoms with Crippen molar-refractivity contribution in [2.24, 2.45) is 4.99 Å². The largest absolute Gasteiger partial charge is 0.357 e. The number of thioether (sulfide) groups is 1. The van der Waals surface area contributed by atoms with Gasteiger partial charge in [-0.2, -0.15) is 11.8 Å². The van der Waals surface area contributed by atoms with E-state index in [4.69, 9.17) is 4.99 Å². The lowest BCUT2D eigenvalue weighted by atomic mass is 10.2. The highest BCUT2D eigenvalue weighted by molar-refractivity contribution is 8.00. The van der Waals surface area contributed by atoms with Crippen LogP contribution in [0.3, 0.4) is 0 Å². The summed E-state index contributed by atoms with van der Waals surface area (Å²) in [4.78, 5) is 7.34. The zero-order chi connectivity index (χ0) is 18.3. The fourth-order valence-corrected chi connectivity index (χ4v) is 4.55. The molecule has 0 aromatic heterocycles. The molecule has 0 radical (unpaired) electrons. The van der Waals surface area contributed by atoms with Crippen LogP contribution in [0, 0.1) is 0 Å². The first kappa shape index (κ1) is 20.1. The quantitative estimate of drug-likeness (QED) is 0.579. The van der Waals surface area contributed by atoms with Crippen molar-refractivity contribution < 1.29 is 8.42 Å². The molecule has 1 fully saturated rings. The van der Waals surface area contributed by atoms with Crippen molar-refractivity contribution in [2.75, 3.05) is 32.4 Å². The molecule has 2 N–H and O–H groups in total. The van der Waals surface area contributed by atoms with Crippen molar-refractivity contribution in [2.45, 2.75) is 37.0 Å². The van der Waals surface area contributed by atoms with E-state index in [1.807, 2.05) is 23.9 Å². The molecule has 0 aliphatic carbocycles. The van der Waals surface area contributed by atoms with Gasteiger partial charge in [0.1, 0.15) is 0 Å². The molecular weight excluding hydrogens is 356 g/mol. The van der Waals surface area contributed by atoms with Crippen LogP contribution in [0.2, 0.25) is 0 Å². The van der Waals surface area contributed by atoms with Crippen LogP contribution in [0.5, 0.6) is 0 Å². The molecule has 1 heterocycles. The number of nitrogens with one attached hydrogen (secondary N) is 2. The minimum absolute atomic E-state index is 0.272. The maximum Gasteiger partial charge on any atom is 0.240 e. The van der Waals surface area contributed by atoms with Gasteiger partial charge in [-0.25, -0.2) is 18.1 Å². The Hall–Kier alpha value is -1.25. The van der Waals surface area contributed by atoms with Gasteiger partial charge in [0.15, 0.2) is 5.96 Å². The fourth-order valence-electron chi connectivity index (χ4n) is 2.64. The molecule has 6 nitrogen and oxygen atoms in total. The third-order valence-electron chi connectivity index (χ3n) is 4.14. The van der Waals surface area contributed by atoms with Gasteiger partial charge in [0.25, 0.3) is 0 Å². The maximum absolute atomic E-state index is 11.8. The lowest BCUT2D eigenvalue weighted by Crippen LogP contribution is -2.48. The van der Waals surface area contributed by atoms with E-state index < -0.39 is 10.0 Å². The Labute approximate surface area is 155 Å². The van der Waals surface area contributed by atoms with Crippen LogP contribution in [0.4, 0.5) is 0 Å². The van der Waals surface area contributed by atoms with E-state index >= 15 is 0 Å². The van der Waals surface area contributed by atoms with E-state index in [0.717, 1.165) is 36.9 Å². The van der Waals surface area contributed by atoms with Gasteiger partial charge in [-0.1, -0.05) is 19.1 Å². The average molecular weight is 385 g/mol. The molecule has 0 saturated carbocycles. The van der Waals surface area contributed by atoms with Crippen LogP contribution in [0.1, 0.15) is 25.8 Å². The lowest BCUT2D eigenvalue weighted by molar-refractivity contribution is 0.408. The number of nitrogens with zero attached hydrogens (tertiary/aromatic N) is 2. The summed E-state index contributed by atoms with van der Waals surface area (Å²) >= 11 is 2.04. The van der Waals surface area contributed by atoms with E-state index in [0.29, 0.717) is 11.8 Å². The van der Waals surface area contributed by atoms with E-state index in [-0.39, 0.29) is 4.90 Å². The van der Waals surface area contributed by atoms with Gasteiger partial charge in [0, 0.05) is 30.6 Å². The molecule has 0 spiro atoms. The molecule has 0 amide bonds. The first-order chi connectivity index (χ1) is 12.0. The Bertz CT molecular complexity index is 674. The van der Waals surface area contributed by atoms with Crippen LogP contribution in [-0.2, 0) is 16.6 Å². The third-order valence-corrected chi connectivity index (χ3v) is 6.94. The number of hydrogen-bond acceptors (Lipinski definition) is 4. The number of aliphatic imine (C=N–C) groups is 1. The summed E-state index contributed by atoms with van der Waals surface area (Å²) in [6, 6.07) is 6.87. The van der Waals surface area contributed by atoms with Crippen molar-refractivity contribution in [3.8, 4) is 0 Å². The van der Waals surface area contributed by atoms with Gasteiger partial charge in [-0.3, -0.25) is 0 Å². The number of benzene rings is 1. The Kier molecular flexibility index (Phi) is 7.58. The van der Waals surface area contributed by atoms with E-state index in [1.54, 1.807) is 12.1 Å². The summed E-state index contributed by atoms with van der Waals surface area (Å²) in [5, 5.41) is 4.03. The Balaban J connectivity index is 2.08. The minimum atomic E-state index is -3.39. The Morgan fingerprint density at radius 3 is 2.64 bits per heavy atom. The number of hydrogen-bond donors (Lipinski definition) is 2. The molecule has 8 heteroatoms. The molecule has 1 saturated heterocycles. The Morgan fingerprint density at radius 2 is 2.04 bits per heavy atom. The second-order valence-corrected chi connectivity index (χ2v) is 9.16. The summed E-state index contributed by atoms with van der Waals surface area (Å²) in [6.45, 7) is 7.69. The maximum atomic E-state index is 11.8. The predicted molar refractivity (Wildman–Crippen MR) is 106 cm³/mol. The summed E-state index contributed by atoms with van der Waals surface area (Å²) in [5.41, 5.74) is 0.990. The van der Waals surface area contributed by atoms with Crippen LogP contribution < -0.4 is 10.0 Å². The van der Waals surface area contributed by atoms with Crippen molar-refractivity contribution >= 4 is 27.7 Å². The minimum Gasteiger partial charge on any atom is -0.357 e. The van der Waals surface area contributed by atoms with Crippen molar-refractivity contribution in [3.05, 3.63) is 29.8 Å². The highest BCUT2D eigenvalue weighted by Crippen LogP contribution is 2.21. The lowest BCUT2D eigenvalue weighted by Gasteiger charge is -2.34. The first-order valence-corrected chi connectivity index (χ1v) is 11.2. The van der Waals surface area contributed by atoms with Gasteiger partial charge in [0.2, 0.25) is 10.0 Å². The normalized spacial score (nSPS) is 19.1. The van der Waals surface area contributed by atoms with Crippen LogP contribution in [0.25, 0.3) is 0 Å². The molecule has 1 atom stereocenters. The zero-order valence-electron chi connectivity index (χ0n) is 15.2. The molecule has 25 heavy (non-hydrogen) atoms. The summed E-state index contributed by atoms with van der Waals surface area (Å²) < 4.78 is 25.9. The van der Waals surface area contributed by atoms with Gasteiger partial charge in [0.05, 0.1) is 11.4 Å². The van der Waals surface area contributed by atoms with Crippen LogP contribution >= 0.6 is 11.8 Å².